The van der Waals surface area contributed by atoms with Gasteiger partial charge < -0.3 is 9.72 Å². The van der Waals surface area contributed by atoms with Gasteiger partial charge in [0.25, 0.3) is 0 Å². The molecule has 1 aromatic carbocycles. The number of morpholine rings is 1. The van der Waals surface area contributed by atoms with Crippen LogP contribution in [0.5, 0.6) is 0 Å². The Hall–Kier alpha value is -1.32. The minimum Gasteiger partial charge on any atom is -0.379 e. The van der Waals surface area contributed by atoms with Gasteiger partial charge in [-0.3, -0.25) is 4.90 Å². The van der Waals surface area contributed by atoms with E-state index in [2.05, 4.69) is 41.1 Å². The van der Waals surface area contributed by atoms with E-state index in [4.69, 9.17) is 4.74 Å². The van der Waals surface area contributed by atoms with Crippen LogP contribution in [0.3, 0.4) is 0 Å². The first-order chi connectivity index (χ1) is 8.33. The number of aryl methyl sites for hydroxylation is 1. The number of nitrogens with one attached hydrogen (secondary N) is 1. The van der Waals surface area contributed by atoms with Gasteiger partial charge in [-0.15, -0.1) is 0 Å². The summed E-state index contributed by atoms with van der Waals surface area (Å²) in [6.07, 6.45) is 0. The second kappa shape index (κ2) is 4.51. The number of ether oxygens (including phenoxy) is 1. The average Bonchev–Trinajstić information content (AvgIpc) is 2.74. The molecule has 1 saturated heterocycles. The molecule has 1 aromatic heterocycles. The number of benzene rings is 1. The largest absolute Gasteiger partial charge is 0.379 e. The maximum Gasteiger partial charge on any atom is 0.0594 e. The van der Waals surface area contributed by atoms with Crippen molar-refractivity contribution in [1.29, 1.82) is 0 Å². The van der Waals surface area contributed by atoms with Gasteiger partial charge in [-0.1, -0.05) is 18.2 Å². The minimum absolute atomic E-state index is 0.860. The second-order valence-corrected chi connectivity index (χ2v) is 4.72. The third-order valence-electron chi connectivity index (χ3n) is 3.42. The van der Waals surface area contributed by atoms with E-state index in [1.165, 1.54) is 22.2 Å². The van der Waals surface area contributed by atoms with E-state index < -0.39 is 0 Å². The third kappa shape index (κ3) is 2.21. The Morgan fingerprint density at radius 1 is 1.29 bits per heavy atom. The molecule has 0 atom stereocenters. The molecule has 1 fully saturated rings. The monoisotopic (exact) mass is 230 g/mol. The van der Waals surface area contributed by atoms with E-state index in [0.29, 0.717) is 0 Å². The standard InChI is InChI=1S/C14H18N2O/c1-11-3-2-4-12-9-13(15-14(11)12)10-16-5-7-17-8-6-16/h2-4,9,15H,5-8,10H2,1H3. The number of nitrogens with zero attached hydrogens (tertiary/aromatic N) is 1. The molecule has 1 aliphatic rings. The lowest BCUT2D eigenvalue weighted by atomic mass is 10.2. The molecule has 0 radical (unpaired) electrons. The fourth-order valence-electron chi connectivity index (χ4n) is 2.45. The Morgan fingerprint density at radius 3 is 2.88 bits per heavy atom. The molecule has 0 saturated carbocycles. The second-order valence-electron chi connectivity index (χ2n) is 4.72. The molecule has 0 unspecified atom stereocenters. The topological polar surface area (TPSA) is 28.3 Å². The highest BCUT2D eigenvalue weighted by Crippen LogP contribution is 2.19. The van der Waals surface area contributed by atoms with Gasteiger partial charge in [-0.05, 0) is 23.9 Å². The van der Waals surface area contributed by atoms with Crippen molar-refractivity contribution in [2.24, 2.45) is 0 Å². The highest BCUT2D eigenvalue weighted by atomic mass is 16.5. The van der Waals surface area contributed by atoms with Crippen molar-refractivity contribution < 1.29 is 4.74 Å². The van der Waals surface area contributed by atoms with Crippen molar-refractivity contribution in [3.05, 3.63) is 35.5 Å². The summed E-state index contributed by atoms with van der Waals surface area (Å²) in [6, 6.07) is 8.70. The molecule has 90 valence electrons. The number of fused-ring (bicyclic) bond motifs is 1. The minimum atomic E-state index is 0.860. The Balaban J connectivity index is 1.83. The van der Waals surface area contributed by atoms with E-state index in [-0.39, 0.29) is 0 Å². The first kappa shape index (κ1) is 10.8. The molecule has 0 amide bonds. The lowest BCUT2D eigenvalue weighted by molar-refractivity contribution is 0.0337. The number of para-hydroxylation sites is 1. The summed E-state index contributed by atoms with van der Waals surface area (Å²) in [6.45, 7) is 6.94. The van der Waals surface area contributed by atoms with Gasteiger partial charge in [0, 0.05) is 30.8 Å². The van der Waals surface area contributed by atoms with Gasteiger partial charge in [0.15, 0.2) is 0 Å². The predicted molar refractivity (Wildman–Crippen MR) is 69.1 cm³/mol. The van der Waals surface area contributed by atoms with Gasteiger partial charge in [0.1, 0.15) is 0 Å². The van der Waals surface area contributed by atoms with E-state index in [0.717, 1.165) is 32.8 Å². The van der Waals surface area contributed by atoms with E-state index in [9.17, 15) is 0 Å². The molecule has 17 heavy (non-hydrogen) atoms. The molecule has 3 nitrogen and oxygen atoms in total. The van der Waals surface area contributed by atoms with Crippen molar-refractivity contribution in [3.8, 4) is 0 Å². The number of hydrogen-bond acceptors (Lipinski definition) is 2. The summed E-state index contributed by atoms with van der Waals surface area (Å²) < 4.78 is 5.36. The van der Waals surface area contributed by atoms with Crippen LogP contribution in [0, 0.1) is 6.92 Å². The van der Waals surface area contributed by atoms with Crippen LogP contribution in [0.1, 0.15) is 11.3 Å². The zero-order valence-electron chi connectivity index (χ0n) is 10.2. The molecule has 3 rings (SSSR count). The Labute approximate surface area is 101 Å². The molecule has 0 spiro atoms. The zero-order valence-corrected chi connectivity index (χ0v) is 10.2. The first-order valence-corrected chi connectivity index (χ1v) is 6.20. The van der Waals surface area contributed by atoms with Crippen LogP contribution in [0.15, 0.2) is 24.3 Å². The summed E-state index contributed by atoms with van der Waals surface area (Å²) in [5, 5.41) is 1.31. The summed E-state index contributed by atoms with van der Waals surface area (Å²) in [7, 11) is 0. The average molecular weight is 230 g/mol. The molecule has 2 aromatic rings. The summed E-state index contributed by atoms with van der Waals surface area (Å²) in [4.78, 5) is 5.96. The molecular formula is C14H18N2O. The molecule has 0 aliphatic carbocycles. The molecule has 1 N–H and O–H groups in total. The normalized spacial score (nSPS) is 17.7. The van der Waals surface area contributed by atoms with Crippen LogP contribution < -0.4 is 0 Å². The Kier molecular flexibility index (Phi) is 2.87. The smallest absolute Gasteiger partial charge is 0.0594 e. The number of rotatable bonds is 2. The van der Waals surface area contributed by atoms with E-state index in [1.807, 2.05) is 0 Å². The fourth-order valence-corrected chi connectivity index (χ4v) is 2.45. The van der Waals surface area contributed by atoms with Gasteiger partial charge in [-0.2, -0.15) is 0 Å². The van der Waals surface area contributed by atoms with Gasteiger partial charge >= 0.3 is 0 Å². The molecule has 3 heteroatoms. The quantitative estimate of drug-likeness (QED) is 0.857. The Morgan fingerprint density at radius 2 is 2.12 bits per heavy atom. The van der Waals surface area contributed by atoms with Crippen molar-refractivity contribution in [2.45, 2.75) is 13.5 Å². The van der Waals surface area contributed by atoms with Crippen LogP contribution in [0.4, 0.5) is 0 Å². The highest BCUT2D eigenvalue weighted by molar-refractivity contribution is 5.83. The number of aromatic amines is 1. The maximum absolute atomic E-state index is 5.36. The van der Waals surface area contributed by atoms with Gasteiger partial charge in [-0.25, -0.2) is 0 Å². The fraction of sp³-hybridized carbons (Fsp3) is 0.429. The van der Waals surface area contributed by atoms with Crippen LogP contribution in [-0.4, -0.2) is 36.2 Å². The SMILES string of the molecule is Cc1cccc2cc(CN3CCOCC3)[nH]c12. The summed E-state index contributed by atoms with van der Waals surface area (Å²) >= 11 is 0. The van der Waals surface area contributed by atoms with Crippen molar-refractivity contribution >= 4 is 10.9 Å². The van der Waals surface area contributed by atoms with Gasteiger partial charge in [0.05, 0.1) is 13.2 Å². The van der Waals surface area contributed by atoms with Crippen molar-refractivity contribution in [1.82, 2.24) is 9.88 Å². The summed E-state index contributed by atoms with van der Waals surface area (Å²) in [5.74, 6) is 0. The number of hydrogen-bond donors (Lipinski definition) is 1. The molecule has 0 bridgehead atoms. The van der Waals surface area contributed by atoms with Gasteiger partial charge in [0.2, 0.25) is 0 Å². The third-order valence-corrected chi connectivity index (χ3v) is 3.42. The predicted octanol–water partition coefficient (Wildman–Crippen LogP) is 2.31. The van der Waals surface area contributed by atoms with E-state index in [1.54, 1.807) is 0 Å². The summed E-state index contributed by atoms with van der Waals surface area (Å²) in [5.41, 5.74) is 3.89. The molecular weight excluding hydrogens is 212 g/mol. The molecule has 2 heterocycles. The van der Waals surface area contributed by atoms with Crippen molar-refractivity contribution in [2.75, 3.05) is 26.3 Å². The van der Waals surface area contributed by atoms with Crippen LogP contribution >= 0.6 is 0 Å². The molecule has 1 aliphatic heterocycles. The van der Waals surface area contributed by atoms with Crippen molar-refractivity contribution in [3.63, 3.8) is 0 Å². The lowest BCUT2D eigenvalue weighted by Gasteiger charge is -2.25. The Bertz CT molecular complexity index is 512. The number of aromatic nitrogens is 1. The number of H-pyrrole nitrogens is 1. The van der Waals surface area contributed by atoms with Crippen LogP contribution in [-0.2, 0) is 11.3 Å². The maximum atomic E-state index is 5.36. The highest BCUT2D eigenvalue weighted by Gasteiger charge is 2.12. The lowest BCUT2D eigenvalue weighted by Crippen LogP contribution is -2.35. The van der Waals surface area contributed by atoms with Crippen LogP contribution in [0.25, 0.3) is 10.9 Å². The van der Waals surface area contributed by atoms with E-state index >= 15 is 0 Å². The van der Waals surface area contributed by atoms with Crippen LogP contribution in [0.2, 0.25) is 0 Å². The zero-order chi connectivity index (χ0) is 11.7. The first-order valence-electron chi connectivity index (χ1n) is 6.20.